The smallest absolute Gasteiger partial charge is 0.356 e. The first-order chi connectivity index (χ1) is 25.5. The lowest BCUT2D eigenvalue weighted by Crippen LogP contribution is -2.71. The molecule has 2 N–H and O–H groups in total. The Bertz CT molecular complexity index is 1970. The molecule has 2 atom stereocenters. The van der Waals surface area contributed by atoms with Gasteiger partial charge in [0.15, 0.2) is 16.9 Å². The van der Waals surface area contributed by atoms with Crippen molar-refractivity contribution in [3.8, 4) is 0 Å². The van der Waals surface area contributed by atoms with E-state index < -0.39 is 35.3 Å². The molecular weight excluding hydrogens is 721 g/mol. The second-order valence-electron chi connectivity index (χ2n) is 11.1. The Morgan fingerprint density at radius 1 is 1.10 bits per heavy atom. The predicted octanol–water partition coefficient (Wildman–Crippen LogP) is 5.40. The number of ether oxygens (including phenoxy) is 1. The first kappa shape index (κ1) is 36.3. The van der Waals surface area contributed by atoms with Crippen LogP contribution in [0.1, 0.15) is 28.5 Å². The highest BCUT2D eigenvalue weighted by Gasteiger charge is 2.55. The Morgan fingerprint density at radius 3 is 2.52 bits per heavy atom. The van der Waals surface area contributed by atoms with Crippen molar-refractivity contribution in [1.82, 2.24) is 20.2 Å². The standard InChI is InChI=1S/C37H32N6O6S3/c1-2-17-48-42-29(28-22-52-37(40-28)39-23-44)33(45)41-30-34(46)43-31(27(21-51-35(30)43)20-50-18-15-24-10-9-16-38-19-24)36(47)49-32(25-11-5-3-6-12-25)26-13-7-4-8-14-26/h2-16,18-19,22-23,30,32,35H,1,17,20-21H2,(H,41,45)(H,39,40,44)/b18-15-,42-29?/t30?,35-/m1/s1. The number of fused-ring (bicyclic) bond motifs is 1. The van der Waals surface area contributed by atoms with Gasteiger partial charge in [0.25, 0.3) is 11.8 Å². The summed E-state index contributed by atoms with van der Waals surface area (Å²) in [6.07, 6.45) is 6.58. The van der Waals surface area contributed by atoms with E-state index in [0.717, 1.165) is 33.6 Å². The van der Waals surface area contributed by atoms with E-state index >= 15 is 0 Å². The summed E-state index contributed by atoms with van der Waals surface area (Å²) < 4.78 is 6.25. The van der Waals surface area contributed by atoms with Crippen LogP contribution in [0.4, 0.5) is 5.13 Å². The van der Waals surface area contributed by atoms with Crippen LogP contribution in [-0.2, 0) is 28.8 Å². The highest BCUT2D eigenvalue weighted by atomic mass is 32.2. The molecule has 15 heteroatoms. The van der Waals surface area contributed by atoms with Crippen LogP contribution in [0.15, 0.2) is 125 Å². The van der Waals surface area contributed by atoms with E-state index in [0.29, 0.717) is 17.9 Å². The van der Waals surface area contributed by atoms with Crippen molar-refractivity contribution in [2.45, 2.75) is 17.5 Å². The normalized spacial score (nSPS) is 17.0. The lowest BCUT2D eigenvalue weighted by Gasteiger charge is -2.49. The number of carbonyl (C=O) groups is 4. The van der Waals surface area contributed by atoms with E-state index in [1.54, 1.807) is 12.4 Å². The first-order valence-electron chi connectivity index (χ1n) is 15.9. The number of rotatable bonds is 16. The number of aromatic nitrogens is 2. The van der Waals surface area contributed by atoms with Crippen LogP contribution in [0.5, 0.6) is 0 Å². The molecule has 3 amide bonds. The zero-order valence-corrected chi connectivity index (χ0v) is 29.9. The Labute approximate surface area is 312 Å². The van der Waals surface area contributed by atoms with Crippen LogP contribution in [0.25, 0.3) is 6.08 Å². The largest absolute Gasteiger partial charge is 0.448 e. The minimum absolute atomic E-state index is 0.0242. The quantitative estimate of drug-likeness (QED) is 0.0289. The number of hydrogen-bond acceptors (Lipinski definition) is 12. The summed E-state index contributed by atoms with van der Waals surface area (Å²) in [5.41, 5.74) is 3.32. The van der Waals surface area contributed by atoms with Gasteiger partial charge < -0.3 is 20.2 Å². The molecule has 0 aliphatic carbocycles. The molecule has 264 valence electrons. The van der Waals surface area contributed by atoms with Gasteiger partial charge in [0, 0.05) is 29.3 Å². The van der Waals surface area contributed by atoms with Gasteiger partial charge in [-0.05, 0) is 39.8 Å². The Morgan fingerprint density at radius 2 is 1.85 bits per heavy atom. The molecule has 2 aliphatic rings. The number of amides is 3. The molecule has 0 saturated carbocycles. The van der Waals surface area contributed by atoms with E-state index in [9.17, 15) is 19.2 Å². The van der Waals surface area contributed by atoms with Crippen molar-refractivity contribution in [2.24, 2.45) is 5.16 Å². The molecule has 0 spiro atoms. The van der Waals surface area contributed by atoms with E-state index in [1.807, 2.05) is 84.3 Å². The van der Waals surface area contributed by atoms with E-state index in [1.165, 1.54) is 39.9 Å². The number of benzene rings is 2. The third kappa shape index (κ3) is 8.50. The summed E-state index contributed by atoms with van der Waals surface area (Å²) in [5.74, 6) is -1.01. The van der Waals surface area contributed by atoms with Gasteiger partial charge in [-0.25, -0.2) is 9.78 Å². The number of carbonyl (C=O) groups excluding carboxylic acids is 4. The third-order valence-corrected chi connectivity index (χ3v) is 10.7. The van der Waals surface area contributed by atoms with Crippen LogP contribution in [0.2, 0.25) is 0 Å². The second-order valence-corrected chi connectivity index (χ2v) is 14.0. The highest BCUT2D eigenvalue weighted by molar-refractivity contribution is 8.02. The van der Waals surface area contributed by atoms with Crippen LogP contribution < -0.4 is 10.6 Å². The Kier molecular flexibility index (Phi) is 12.3. The van der Waals surface area contributed by atoms with Crippen molar-refractivity contribution in [3.05, 3.63) is 142 Å². The predicted molar refractivity (Wildman–Crippen MR) is 203 cm³/mol. The summed E-state index contributed by atoms with van der Waals surface area (Å²) in [6, 6.07) is 21.6. The molecule has 1 saturated heterocycles. The Hall–Kier alpha value is -5.51. The van der Waals surface area contributed by atoms with Crippen molar-refractivity contribution in [3.63, 3.8) is 0 Å². The molecule has 12 nitrogen and oxygen atoms in total. The van der Waals surface area contributed by atoms with Gasteiger partial charge in [-0.2, -0.15) is 0 Å². The minimum atomic E-state index is -0.977. The van der Waals surface area contributed by atoms with Gasteiger partial charge in [0.1, 0.15) is 29.4 Å². The number of anilines is 1. The second kappa shape index (κ2) is 17.6. The van der Waals surface area contributed by atoms with Gasteiger partial charge in [0.2, 0.25) is 6.41 Å². The summed E-state index contributed by atoms with van der Waals surface area (Å²) in [7, 11) is 0. The molecule has 2 aromatic heterocycles. The van der Waals surface area contributed by atoms with Crippen molar-refractivity contribution in [1.29, 1.82) is 0 Å². The topological polar surface area (TPSA) is 152 Å². The van der Waals surface area contributed by atoms with Gasteiger partial charge in [-0.15, -0.1) is 34.9 Å². The number of oxime groups is 1. The lowest BCUT2D eigenvalue weighted by molar-refractivity contribution is -0.154. The first-order valence-corrected chi connectivity index (χ1v) is 18.9. The molecular formula is C37H32N6O6S3. The average Bonchev–Trinajstić information content (AvgIpc) is 3.65. The molecule has 52 heavy (non-hydrogen) atoms. The van der Waals surface area contributed by atoms with Gasteiger partial charge in [-0.1, -0.05) is 84.5 Å². The number of thioether (sulfide) groups is 2. The zero-order chi connectivity index (χ0) is 36.3. The van der Waals surface area contributed by atoms with E-state index in [2.05, 4.69) is 32.3 Å². The Balaban J connectivity index is 1.26. The fraction of sp³-hybridized carbons (Fsp3) is 0.162. The number of nitrogens with zero attached hydrogens (tertiary/aromatic N) is 4. The average molecular weight is 753 g/mol. The molecule has 4 heterocycles. The molecule has 1 fully saturated rings. The third-order valence-electron chi connectivity index (χ3n) is 7.75. The SMILES string of the molecule is C=CCON=C(C(=O)NC1C(=O)N2C(C(=O)OC(c3ccccc3)c3ccccc3)=C(CS/C=C\c3cccnc3)CS[C@H]12)c1csc(NC=O)n1. The number of thiazole rings is 1. The number of hydrogen-bond donors (Lipinski definition) is 2. The van der Waals surface area contributed by atoms with Crippen LogP contribution >= 0.6 is 34.9 Å². The molecule has 2 aromatic carbocycles. The fourth-order valence-electron chi connectivity index (χ4n) is 5.35. The van der Waals surface area contributed by atoms with E-state index in [4.69, 9.17) is 9.57 Å². The fourth-order valence-corrected chi connectivity index (χ4v) is 8.27. The van der Waals surface area contributed by atoms with Crippen molar-refractivity contribution in [2.75, 3.05) is 23.4 Å². The number of nitrogens with one attached hydrogen (secondary N) is 2. The van der Waals surface area contributed by atoms with Gasteiger partial charge >= 0.3 is 5.97 Å². The maximum absolute atomic E-state index is 14.3. The number of β-lactam (4-membered cyclic amide) rings is 1. The van der Waals surface area contributed by atoms with Crippen molar-refractivity contribution < 1.29 is 28.8 Å². The number of esters is 1. The van der Waals surface area contributed by atoms with Crippen LogP contribution in [-0.4, -0.2) is 74.3 Å². The molecule has 1 unspecified atom stereocenters. The minimum Gasteiger partial charge on any atom is -0.448 e. The van der Waals surface area contributed by atoms with Crippen molar-refractivity contribution >= 4 is 76.0 Å². The summed E-state index contributed by atoms with van der Waals surface area (Å²) in [4.78, 5) is 67.7. The summed E-state index contributed by atoms with van der Waals surface area (Å²) in [5, 5.41) is 12.2. The van der Waals surface area contributed by atoms with Crippen LogP contribution in [0, 0.1) is 0 Å². The highest BCUT2D eigenvalue weighted by Crippen LogP contribution is 2.42. The maximum atomic E-state index is 14.3. The molecule has 0 radical (unpaired) electrons. The molecule has 2 aliphatic heterocycles. The van der Waals surface area contributed by atoms with Gasteiger partial charge in [0.05, 0.1) is 0 Å². The monoisotopic (exact) mass is 752 g/mol. The zero-order valence-electron chi connectivity index (χ0n) is 27.5. The molecule has 0 bridgehead atoms. The lowest BCUT2D eigenvalue weighted by atomic mass is 10.0. The van der Waals surface area contributed by atoms with Gasteiger partial charge in [-0.3, -0.25) is 24.3 Å². The molecule has 6 rings (SSSR count). The summed E-state index contributed by atoms with van der Waals surface area (Å²) in [6.45, 7) is 3.61. The van der Waals surface area contributed by atoms with Crippen LogP contribution in [0.3, 0.4) is 0 Å². The number of pyridine rings is 1. The van der Waals surface area contributed by atoms with E-state index in [-0.39, 0.29) is 28.8 Å². The summed E-state index contributed by atoms with van der Waals surface area (Å²) >= 11 is 4.00. The maximum Gasteiger partial charge on any atom is 0.356 e. The molecule has 4 aromatic rings.